The molecule has 31 heavy (non-hydrogen) atoms. The van der Waals surface area contributed by atoms with Crippen molar-refractivity contribution in [3.05, 3.63) is 69.7 Å². The molecule has 7 rings (SSSR count). The van der Waals surface area contributed by atoms with Gasteiger partial charge in [0.05, 0.1) is 22.5 Å². The van der Waals surface area contributed by atoms with Crippen molar-refractivity contribution < 1.29 is 14.4 Å². The van der Waals surface area contributed by atoms with E-state index in [1.54, 1.807) is 42.5 Å². The number of halogens is 2. The molecule has 0 unspecified atom stereocenters. The molecule has 2 saturated carbocycles. The molecule has 3 amide bonds. The van der Waals surface area contributed by atoms with Crippen LogP contribution in [0.15, 0.2) is 59.1 Å². The highest BCUT2D eigenvalue weighted by molar-refractivity contribution is 9.10. The fourth-order valence-corrected chi connectivity index (χ4v) is 6.18. The summed E-state index contributed by atoms with van der Waals surface area (Å²) in [5, 5.41) is 3.30. The minimum atomic E-state index is -0.292. The maximum absolute atomic E-state index is 13.2. The third-order valence-corrected chi connectivity index (χ3v) is 8.46. The fourth-order valence-electron chi connectivity index (χ4n) is 5.75. The summed E-state index contributed by atoms with van der Waals surface area (Å²) in [6.45, 7) is 0. The van der Waals surface area contributed by atoms with Gasteiger partial charge in [0.2, 0.25) is 11.8 Å². The average Bonchev–Trinajstić information content (AvgIpc) is 3.54. The van der Waals surface area contributed by atoms with Gasteiger partial charge in [-0.3, -0.25) is 19.3 Å². The molecule has 0 radical (unpaired) electrons. The Kier molecular flexibility index (Phi) is 4.21. The van der Waals surface area contributed by atoms with E-state index in [1.165, 1.54) is 4.90 Å². The van der Waals surface area contributed by atoms with E-state index in [-0.39, 0.29) is 41.4 Å². The molecule has 2 aromatic carbocycles. The number of rotatable bonds is 3. The SMILES string of the molecule is O=C(Nc1ccc(Br)c(Cl)c1)c1ccc(N2C(=O)[C@@H]3[C@H]4C=C[C@@H]([C@@H]5C[C@@H]45)[C@H]3C2=O)cc1. The molecule has 1 N–H and O–H groups in total. The van der Waals surface area contributed by atoms with Gasteiger partial charge < -0.3 is 5.32 Å². The highest BCUT2D eigenvalue weighted by atomic mass is 79.9. The van der Waals surface area contributed by atoms with Crippen LogP contribution >= 0.6 is 27.5 Å². The first kappa shape index (κ1) is 19.3. The van der Waals surface area contributed by atoms with Crippen LogP contribution in [0.5, 0.6) is 0 Å². The molecule has 3 fully saturated rings. The minimum absolute atomic E-state index is 0.0959. The molecule has 1 saturated heterocycles. The Morgan fingerprint density at radius 1 is 0.968 bits per heavy atom. The van der Waals surface area contributed by atoms with E-state index in [2.05, 4.69) is 33.4 Å². The Bertz CT molecular complexity index is 1140. The second-order valence-electron chi connectivity index (χ2n) is 8.80. The van der Waals surface area contributed by atoms with Gasteiger partial charge in [-0.2, -0.15) is 0 Å². The van der Waals surface area contributed by atoms with Crippen molar-refractivity contribution in [3.63, 3.8) is 0 Å². The van der Waals surface area contributed by atoms with Gasteiger partial charge in [0.1, 0.15) is 0 Å². The summed E-state index contributed by atoms with van der Waals surface area (Å²) in [6.07, 6.45) is 5.47. The lowest BCUT2D eigenvalue weighted by molar-refractivity contribution is -0.124. The van der Waals surface area contributed by atoms with Gasteiger partial charge in [0, 0.05) is 15.7 Å². The molecule has 7 heteroatoms. The van der Waals surface area contributed by atoms with Crippen LogP contribution < -0.4 is 10.2 Å². The van der Waals surface area contributed by atoms with Crippen molar-refractivity contribution in [3.8, 4) is 0 Å². The van der Waals surface area contributed by atoms with E-state index in [4.69, 9.17) is 11.6 Å². The van der Waals surface area contributed by atoms with Crippen molar-refractivity contribution in [1.29, 1.82) is 0 Å². The van der Waals surface area contributed by atoms with E-state index in [9.17, 15) is 14.4 Å². The van der Waals surface area contributed by atoms with Crippen LogP contribution in [0.3, 0.4) is 0 Å². The number of anilines is 2. The van der Waals surface area contributed by atoms with Gasteiger partial charge in [0.25, 0.3) is 5.91 Å². The molecule has 1 heterocycles. The van der Waals surface area contributed by atoms with Crippen molar-refractivity contribution in [2.45, 2.75) is 6.42 Å². The predicted octanol–water partition coefficient (Wildman–Crippen LogP) is 4.91. The lowest BCUT2D eigenvalue weighted by Gasteiger charge is -2.37. The summed E-state index contributed by atoms with van der Waals surface area (Å²) in [7, 11) is 0. The Balaban J connectivity index is 1.22. The summed E-state index contributed by atoms with van der Waals surface area (Å²) in [5.74, 6) is 0.612. The number of nitrogens with zero attached hydrogens (tertiary/aromatic N) is 1. The van der Waals surface area contributed by atoms with E-state index in [0.29, 0.717) is 33.8 Å². The van der Waals surface area contributed by atoms with Gasteiger partial charge in [0.15, 0.2) is 0 Å². The zero-order valence-electron chi connectivity index (χ0n) is 16.3. The first-order chi connectivity index (χ1) is 14.9. The smallest absolute Gasteiger partial charge is 0.255 e. The monoisotopic (exact) mass is 496 g/mol. The highest BCUT2D eigenvalue weighted by Crippen LogP contribution is 2.65. The predicted molar refractivity (Wildman–Crippen MR) is 121 cm³/mol. The van der Waals surface area contributed by atoms with Crippen molar-refractivity contribution in [2.75, 3.05) is 10.2 Å². The van der Waals surface area contributed by atoms with Crippen molar-refractivity contribution >= 4 is 56.6 Å². The summed E-state index contributed by atoms with van der Waals surface area (Å²) in [6, 6.07) is 11.8. The first-order valence-corrected chi connectivity index (χ1v) is 11.5. The Morgan fingerprint density at radius 2 is 1.58 bits per heavy atom. The maximum Gasteiger partial charge on any atom is 0.255 e. The number of carbonyl (C=O) groups excluding carboxylic acids is 3. The number of hydrogen-bond donors (Lipinski definition) is 1. The number of imide groups is 1. The second kappa shape index (κ2) is 6.78. The zero-order valence-corrected chi connectivity index (χ0v) is 18.6. The number of hydrogen-bond acceptors (Lipinski definition) is 3. The van der Waals surface area contributed by atoms with Gasteiger partial charge in [-0.25, -0.2) is 0 Å². The van der Waals surface area contributed by atoms with Gasteiger partial charge >= 0.3 is 0 Å². The molecule has 1 aliphatic heterocycles. The normalized spacial score (nSPS) is 32.1. The Hall–Kier alpha value is -2.44. The topological polar surface area (TPSA) is 66.5 Å². The van der Waals surface area contributed by atoms with Crippen LogP contribution in [0.2, 0.25) is 5.02 Å². The van der Waals surface area contributed by atoms with E-state index < -0.39 is 0 Å². The van der Waals surface area contributed by atoms with Crippen LogP contribution in [0, 0.1) is 35.5 Å². The molecule has 5 nitrogen and oxygen atoms in total. The Labute approximate surface area is 192 Å². The molecule has 4 aliphatic carbocycles. The van der Waals surface area contributed by atoms with Gasteiger partial charge in [-0.05, 0) is 88.5 Å². The third kappa shape index (κ3) is 2.84. The van der Waals surface area contributed by atoms with Gasteiger partial charge in [-0.1, -0.05) is 23.8 Å². The maximum atomic E-state index is 13.2. The molecule has 156 valence electrons. The molecule has 2 aromatic rings. The number of benzene rings is 2. The van der Waals surface area contributed by atoms with Crippen molar-refractivity contribution in [2.24, 2.45) is 35.5 Å². The third-order valence-electron chi connectivity index (χ3n) is 7.23. The fraction of sp³-hybridized carbons (Fsp3) is 0.292. The van der Waals surface area contributed by atoms with E-state index in [1.807, 2.05) is 0 Å². The molecule has 2 bridgehead atoms. The van der Waals surface area contributed by atoms with E-state index in [0.717, 1.165) is 10.9 Å². The Morgan fingerprint density at radius 3 is 2.16 bits per heavy atom. The lowest BCUT2D eigenvalue weighted by Crippen LogP contribution is -2.40. The molecule has 6 atom stereocenters. The average molecular weight is 498 g/mol. The minimum Gasteiger partial charge on any atom is -0.322 e. The lowest BCUT2D eigenvalue weighted by atomic mass is 9.63. The van der Waals surface area contributed by atoms with Crippen LogP contribution in [-0.4, -0.2) is 17.7 Å². The highest BCUT2D eigenvalue weighted by Gasteiger charge is 2.67. The summed E-state index contributed by atoms with van der Waals surface area (Å²) < 4.78 is 0.748. The summed E-state index contributed by atoms with van der Waals surface area (Å²) in [4.78, 5) is 40.3. The molecule has 5 aliphatic rings. The zero-order chi connectivity index (χ0) is 21.4. The number of nitrogens with one attached hydrogen (secondary N) is 1. The number of carbonyl (C=O) groups is 3. The van der Waals surface area contributed by atoms with Crippen LogP contribution in [0.25, 0.3) is 0 Å². The van der Waals surface area contributed by atoms with Crippen LogP contribution in [0.4, 0.5) is 11.4 Å². The van der Waals surface area contributed by atoms with Crippen LogP contribution in [0.1, 0.15) is 16.8 Å². The first-order valence-electron chi connectivity index (χ1n) is 10.4. The standard InChI is InChI=1S/C24H18BrClN2O3/c25-18-8-3-12(9-19(18)26)27-22(29)11-1-4-13(5-2-11)28-23(30)20-14-6-7-15(17-10-16(14)17)21(20)24(28)31/h1-9,14-17,20-21H,10H2,(H,27,29)/t14-,15-,16-,17-,20+,21+/m0/s1. The number of allylic oxidation sites excluding steroid dienone is 2. The summed E-state index contributed by atoms with van der Waals surface area (Å²) in [5.41, 5.74) is 1.54. The molecule has 0 spiro atoms. The van der Waals surface area contributed by atoms with Crippen LogP contribution in [-0.2, 0) is 9.59 Å². The van der Waals surface area contributed by atoms with Crippen molar-refractivity contribution in [1.82, 2.24) is 0 Å². The summed E-state index contributed by atoms with van der Waals surface area (Å²) >= 11 is 9.40. The molecule has 0 aromatic heterocycles. The largest absolute Gasteiger partial charge is 0.322 e. The quantitative estimate of drug-likeness (QED) is 0.484. The molecular weight excluding hydrogens is 480 g/mol. The van der Waals surface area contributed by atoms with E-state index >= 15 is 0 Å². The van der Waals surface area contributed by atoms with Gasteiger partial charge in [-0.15, -0.1) is 0 Å². The number of amides is 3. The molecular formula is C24H18BrClN2O3. The second-order valence-corrected chi connectivity index (χ2v) is 10.1.